The fourth-order valence-electron chi connectivity index (χ4n) is 7.92. The molecule has 0 aliphatic rings. The first-order valence-electron chi connectivity index (χ1n) is 24.4. The minimum atomic E-state index is -1.87. The lowest BCUT2D eigenvalue weighted by Crippen LogP contribution is -2.57. The van der Waals surface area contributed by atoms with E-state index in [1.807, 2.05) is 0 Å². The van der Waals surface area contributed by atoms with E-state index in [0.29, 0.717) is 47.5 Å². The topological polar surface area (TPSA) is 293 Å². The van der Waals surface area contributed by atoms with Crippen molar-refractivity contribution in [3.05, 3.63) is 227 Å². The second-order valence-corrected chi connectivity index (χ2v) is 17.6. The third-order valence-electron chi connectivity index (χ3n) is 11.8. The van der Waals surface area contributed by atoms with Crippen LogP contribution in [0.15, 0.2) is 160 Å². The van der Waals surface area contributed by atoms with E-state index in [2.05, 4.69) is 33.7 Å². The van der Waals surface area contributed by atoms with Gasteiger partial charge in [0.1, 0.15) is 38.1 Å². The summed E-state index contributed by atoms with van der Waals surface area (Å²) in [7, 11) is 0. The van der Waals surface area contributed by atoms with Crippen molar-refractivity contribution >= 4 is 52.7 Å². The molecule has 3 unspecified atom stereocenters. The SMILES string of the molecule is C#Cc1cccc(NC(=O)c2ccccc2C(=O)OCC(O)Cn2c(=O)n(CC(O)COC(=O)c3ccccc3C(=O)Nc3cccc(C#C)c3)c(=O)n(CC(O)COC(=O)c3ccccc3C(=O)Nc3cccc(C#C)c3)c2=O)c1. The van der Waals surface area contributed by atoms with Gasteiger partial charge in [-0.15, -0.1) is 19.3 Å². The standard InChI is InChI=1S/C60H48N6O15/c1-4-37-16-13-19-40(28-37)61-52(70)46-22-7-10-25-49(46)55(73)79-34-43(67)31-64-58(76)65(32-44(68)35-80-56(74)50-26-11-8-23-47(50)53(71)62-41-20-14-17-38(5-2)29-41)60(78)66(59(64)77)33-45(69)36-81-57(75)51-27-12-9-24-48(51)54(72)63-42-21-15-18-39(6-3)30-42/h1-3,7-30,43-45,67-69H,31-36H2,(H,61,70)(H,62,71)(H,63,72). The average Bonchev–Trinajstić information content (AvgIpc) is 3.56. The smallest absolute Gasteiger partial charge is 0.339 e. The summed E-state index contributed by atoms with van der Waals surface area (Å²) in [6, 6.07) is 35.7. The van der Waals surface area contributed by atoms with Crippen LogP contribution in [0.3, 0.4) is 0 Å². The number of carbonyl (C=O) groups is 6. The summed E-state index contributed by atoms with van der Waals surface area (Å²) in [6.07, 6.45) is 10.8. The van der Waals surface area contributed by atoms with Crippen molar-refractivity contribution in [3.63, 3.8) is 0 Å². The number of aliphatic hydroxyl groups excluding tert-OH is 3. The van der Waals surface area contributed by atoms with Crippen LogP contribution in [-0.4, -0.2) is 103 Å². The quantitative estimate of drug-likeness (QED) is 0.0341. The van der Waals surface area contributed by atoms with Gasteiger partial charge in [-0.05, 0) is 91.0 Å². The number of aliphatic hydroxyl groups is 3. The van der Waals surface area contributed by atoms with Crippen LogP contribution < -0.4 is 33.0 Å². The Morgan fingerprint density at radius 2 is 0.642 bits per heavy atom. The molecule has 3 amide bonds. The van der Waals surface area contributed by atoms with Crippen LogP contribution in [0.5, 0.6) is 0 Å². The van der Waals surface area contributed by atoms with Gasteiger partial charge in [-0.1, -0.05) is 72.4 Å². The number of nitrogens with zero attached hydrogens (tertiary/aromatic N) is 3. The van der Waals surface area contributed by atoms with Gasteiger partial charge in [-0.25, -0.2) is 42.5 Å². The van der Waals surface area contributed by atoms with Crippen LogP contribution in [0.25, 0.3) is 0 Å². The maximum absolute atomic E-state index is 14.1. The molecule has 21 nitrogen and oxygen atoms in total. The molecule has 21 heteroatoms. The van der Waals surface area contributed by atoms with Gasteiger partial charge in [0, 0.05) is 33.8 Å². The summed E-state index contributed by atoms with van der Waals surface area (Å²) in [6.45, 7) is -5.62. The number of aromatic nitrogens is 3. The molecule has 0 aliphatic heterocycles. The highest BCUT2D eigenvalue weighted by molar-refractivity contribution is 6.13. The van der Waals surface area contributed by atoms with Crippen molar-refractivity contribution in [2.75, 3.05) is 35.8 Å². The second kappa shape index (κ2) is 26.9. The van der Waals surface area contributed by atoms with E-state index in [1.54, 1.807) is 54.6 Å². The lowest BCUT2D eigenvalue weighted by Gasteiger charge is -2.19. The minimum absolute atomic E-state index is 0.127. The van der Waals surface area contributed by atoms with Gasteiger partial charge in [-0.2, -0.15) is 0 Å². The van der Waals surface area contributed by atoms with Gasteiger partial charge in [0.15, 0.2) is 0 Å². The van der Waals surface area contributed by atoms with E-state index in [0.717, 1.165) is 0 Å². The minimum Gasteiger partial charge on any atom is -0.459 e. The largest absolute Gasteiger partial charge is 0.459 e. The Morgan fingerprint density at radius 3 is 0.889 bits per heavy atom. The molecule has 0 fully saturated rings. The van der Waals surface area contributed by atoms with Crippen LogP contribution in [0, 0.1) is 37.0 Å². The van der Waals surface area contributed by atoms with E-state index < -0.39 is 110 Å². The molecule has 6 N–H and O–H groups in total. The Bertz CT molecular complexity index is 3470. The summed E-state index contributed by atoms with van der Waals surface area (Å²) >= 11 is 0. The molecular formula is C60H48N6O15. The van der Waals surface area contributed by atoms with E-state index in [9.17, 15) is 58.5 Å². The van der Waals surface area contributed by atoms with Crippen LogP contribution in [-0.2, 0) is 33.8 Å². The second-order valence-electron chi connectivity index (χ2n) is 17.6. The summed E-state index contributed by atoms with van der Waals surface area (Å²) < 4.78 is 16.9. The molecule has 3 atom stereocenters. The highest BCUT2D eigenvalue weighted by Crippen LogP contribution is 2.19. The van der Waals surface area contributed by atoms with Crippen molar-refractivity contribution in [1.29, 1.82) is 0 Å². The molecule has 0 saturated heterocycles. The summed E-state index contributed by atoms with van der Waals surface area (Å²) in [5.41, 5.74) is -2.95. The van der Waals surface area contributed by atoms with E-state index >= 15 is 0 Å². The number of terminal acetylenes is 3. The third kappa shape index (κ3) is 14.8. The average molecular weight is 1090 g/mol. The third-order valence-corrected chi connectivity index (χ3v) is 11.8. The first-order valence-corrected chi connectivity index (χ1v) is 24.4. The highest BCUT2D eigenvalue weighted by atomic mass is 16.6. The Morgan fingerprint density at radius 1 is 0.395 bits per heavy atom. The van der Waals surface area contributed by atoms with Gasteiger partial charge in [-0.3, -0.25) is 14.4 Å². The number of benzene rings is 6. The molecule has 7 aromatic rings. The zero-order valence-electron chi connectivity index (χ0n) is 42.6. The molecule has 6 aromatic carbocycles. The van der Waals surface area contributed by atoms with Crippen molar-refractivity contribution in [1.82, 2.24) is 13.7 Å². The fraction of sp³-hybridized carbons (Fsp3) is 0.150. The number of rotatable bonds is 21. The van der Waals surface area contributed by atoms with E-state index in [-0.39, 0.29) is 33.4 Å². The van der Waals surface area contributed by atoms with Gasteiger partial charge in [0.2, 0.25) is 0 Å². The summed E-state index contributed by atoms with van der Waals surface area (Å²) in [5, 5.41) is 41.4. The highest BCUT2D eigenvalue weighted by Gasteiger charge is 2.26. The van der Waals surface area contributed by atoms with Crippen molar-refractivity contribution in [3.8, 4) is 37.0 Å². The molecule has 1 heterocycles. The number of carbonyl (C=O) groups excluding carboxylic acids is 6. The summed E-state index contributed by atoms with van der Waals surface area (Å²) in [4.78, 5) is 122. The maximum atomic E-state index is 14.1. The van der Waals surface area contributed by atoms with Crippen LogP contribution in [0.4, 0.5) is 17.1 Å². The number of hydrogen-bond donors (Lipinski definition) is 6. The first kappa shape index (κ1) is 57.8. The number of anilines is 3. The molecular weight excluding hydrogens is 1040 g/mol. The molecule has 1 aromatic heterocycles. The van der Waals surface area contributed by atoms with E-state index in [1.165, 1.54) is 91.0 Å². The molecule has 0 spiro atoms. The predicted octanol–water partition coefficient (Wildman–Crippen LogP) is 3.53. The Kier molecular flexibility index (Phi) is 19.2. The fourth-order valence-corrected chi connectivity index (χ4v) is 7.92. The van der Waals surface area contributed by atoms with Gasteiger partial charge < -0.3 is 45.5 Å². The maximum Gasteiger partial charge on any atom is 0.339 e. The van der Waals surface area contributed by atoms with E-state index in [4.69, 9.17) is 33.5 Å². The lowest BCUT2D eigenvalue weighted by atomic mass is 10.1. The van der Waals surface area contributed by atoms with Gasteiger partial charge in [0.05, 0.1) is 53.0 Å². The van der Waals surface area contributed by atoms with Crippen molar-refractivity contribution in [2.45, 2.75) is 37.9 Å². The summed E-state index contributed by atoms with van der Waals surface area (Å²) in [5.74, 6) is 1.90. The van der Waals surface area contributed by atoms with Gasteiger partial charge >= 0.3 is 35.0 Å². The Hall–Kier alpha value is -10.9. The van der Waals surface area contributed by atoms with Crippen LogP contribution >= 0.6 is 0 Å². The number of amides is 3. The zero-order chi connectivity index (χ0) is 58.2. The van der Waals surface area contributed by atoms with Crippen molar-refractivity contribution < 1.29 is 58.3 Å². The first-order chi connectivity index (χ1) is 39.0. The molecule has 7 rings (SSSR count). The molecule has 0 bridgehead atoms. The van der Waals surface area contributed by atoms with Crippen molar-refractivity contribution in [2.24, 2.45) is 0 Å². The normalized spacial score (nSPS) is 11.7. The zero-order valence-corrected chi connectivity index (χ0v) is 42.6. The number of esters is 3. The molecule has 81 heavy (non-hydrogen) atoms. The molecule has 0 radical (unpaired) electrons. The van der Waals surface area contributed by atoms with Gasteiger partial charge in [0.25, 0.3) is 17.7 Å². The van der Waals surface area contributed by atoms with Crippen LogP contribution in [0.2, 0.25) is 0 Å². The molecule has 0 aliphatic carbocycles. The molecule has 408 valence electrons. The lowest BCUT2D eigenvalue weighted by molar-refractivity contribution is 0.0167. The Balaban J connectivity index is 1.09. The van der Waals surface area contributed by atoms with Crippen LogP contribution in [0.1, 0.15) is 78.8 Å². The number of nitrogens with one attached hydrogen (secondary N) is 3. The predicted molar refractivity (Wildman–Crippen MR) is 294 cm³/mol. The number of ether oxygens (including phenoxy) is 3. The monoisotopic (exact) mass is 1090 g/mol. The Labute approximate surface area is 461 Å². The number of hydrogen-bond acceptors (Lipinski definition) is 15. The molecule has 0 saturated carbocycles.